The maximum Gasteiger partial charge on any atom is 0.263 e. The predicted molar refractivity (Wildman–Crippen MR) is 123 cm³/mol. The second-order valence-electron chi connectivity index (χ2n) is 7.93. The maximum atomic E-state index is 13.1. The van der Waals surface area contributed by atoms with Crippen LogP contribution in [-0.2, 0) is 0 Å². The van der Waals surface area contributed by atoms with E-state index in [0.717, 1.165) is 31.4 Å². The molecule has 1 aliphatic carbocycles. The molecule has 166 valence electrons. The largest absolute Gasteiger partial charge is 0.496 e. The molecule has 3 rings (SSSR count). The molecule has 7 nitrogen and oxygen atoms in total. The summed E-state index contributed by atoms with van der Waals surface area (Å²) in [6, 6.07) is 10.7. The van der Waals surface area contributed by atoms with Gasteiger partial charge in [-0.3, -0.25) is 9.59 Å². The van der Waals surface area contributed by atoms with Gasteiger partial charge in [0.2, 0.25) is 0 Å². The Labute approximate surface area is 183 Å². The summed E-state index contributed by atoms with van der Waals surface area (Å²) in [4.78, 5) is 28.0. The Bertz CT molecular complexity index is 914. The van der Waals surface area contributed by atoms with Crippen molar-refractivity contribution in [2.24, 2.45) is 0 Å². The normalized spacial score (nSPS) is 13.9. The van der Waals surface area contributed by atoms with Crippen LogP contribution in [0.3, 0.4) is 0 Å². The molecule has 0 aromatic heterocycles. The first kappa shape index (κ1) is 22.5. The first-order valence-corrected chi connectivity index (χ1v) is 10.6. The maximum absolute atomic E-state index is 13.1. The van der Waals surface area contributed by atoms with Crippen LogP contribution in [0.25, 0.3) is 0 Å². The van der Waals surface area contributed by atoms with E-state index in [1.165, 1.54) is 20.6 Å². The molecule has 0 aliphatic heterocycles. The fraction of sp³-hybridized carbons (Fsp3) is 0.417. The van der Waals surface area contributed by atoms with Crippen molar-refractivity contribution in [2.75, 3.05) is 38.5 Å². The summed E-state index contributed by atoms with van der Waals surface area (Å²) in [5, 5.41) is 6.04. The Morgan fingerprint density at radius 3 is 2.16 bits per heavy atom. The van der Waals surface area contributed by atoms with Crippen LogP contribution in [0.15, 0.2) is 36.4 Å². The molecule has 31 heavy (non-hydrogen) atoms. The highest BCUT2D eigenvalue weighted by Gasteiger charge is 2.22. The van der Waals surface area contributed by atoms with E-state index >= 15 is 0 Å². The van der Waals surface area contributed by atoms with E-state index in [9.17, 15) is 9.59 Å². The van der Waals surface area contributed by atoms with Crippen molar-refractivity contribution in [3.63, 3.8) is 0 Å². The van der Waals surface area contributed by atoms with E-state index in [2.05, 4.69) is 10.6 Å². The van der Waals surface area contributed by atoms with Crippen molar-refractivity contribution < 1.29 is 19.1 Å². The van der Waals surface area contributed by atoms with Gasteiger partial charge in [0.25, 0.3) is 11.8 Å². The molecule has 2 aromatic carbocycles. The van der Waals surface area contributed by atoms with E-state index in [4.69, 9.17) is 9.47 Å². The third-order valence-corrected chi connectivity index (χ3v) is 5.58. The lowest BCUT2D eigenvalue weighted by molar-refractivity contribution is 0.0927. The van der Waals surface area contributed by atoms with E-state index in [-0.39, 0.29) is 17.9 Å². The summed E-state index contributed by atoms with van der Waals surface area (Å²) in [6.07, 6.45) is 5.52. The van der Waals surface area contributed by atoms with E-state index in [1.807, 2.05) is 25.1 Å². The van der Waals surface area contributed by atoms with Gasteiger partial charge in [-0.25, -0.2) is 0 Å². The molecule has 1 fully saturated rings. The zero-order valence-corrected chi connectivity index (χ0v) is 18.7. The first-order chi connectivity index (χ1) is 14.9. The Hall–Kier alpha value is -3.22. The molecule has 2 amide bonds. The molecule has 0 saturated heterocycles. The van der Waals surface area contributed by atoms with Gasteiger partial charge in [-0.05, 0) is 43.2 Å². The van der Waals surface area contributed by atoms with Crippen molar-refractivity contribution in [2.45, 2.75) is 38.1 Å². The summed E-state index contributed by atoms with van der Waals surface area (Å²) in [5.41, 5.74) is 2.15. The minimum Gasteiger partial charge on any atom is -0.496 e. The number of hydrogen-bond donors (Lipinski definition) is 2. The van der Waals surface area contributed by atoms with Crippen LogP contribution >= 0.6 is 0 Å². The van der Waals surface area contributed by atoms with Crippen LogP contribution in [-0.4, -0.2) is 46.2 Å². The van der Waals surface area contributed by atoms with Crippen molar-refractivity contribution in [1.29, 1.82) is 0 Å². The number of rotatable bonds is 7. The SMILES string of the molecule is COc1cccc(OC)c1C(=O)Nc1ccc(N(C)C)c(C(=O)NC2CCCCC2)c1. The molecule has 0 atom stereocenters. The Morgan fingerprint density at radius 1 is 0.935 bits per heavy atom. The number of anilines is 2. The lowest BCUT2D eigenvalue weighted by Gasteiger charge is -2.24. The standard InChI is InChI=1S/C24H31N3O4/c1-27(2)19-14-13-17(15-18(19)23(28)25-16-9-6-5-7-10-16)26-24(29)22-20(30-3)11-8-12-21(22)31-4/h8,11-16H,5-7,9-10H2,1-4H3,(H,25,28)(H,26,29). The lowest BCUT2D eigenvalue weighted by atomic mass is 9.95. The Kier molecular flexibility index (Phi) is 7.39. The Morgan fingerprint density at radius 2 is 1.58 bits per heavy atom. The highest BCUT2D eigenvalue weighted by molar-refractivity contribution is 6.09. The first-order valence-electron chi connectivity index (χ1n) is 10.6. The lowest BCUT2D eigenvalue weighted by Crippen LogP contribution is -2.36. The number of nitrogens with one attached hydrogen (secondary N) is 2. The molecule has 0 bridgehead atoms. The number of hydrogen-bond acceptors (Lipinski definition) is 5. The van der Waals surface area contributed by atoms with Gasteiger partial charge < -0.3 is 25.0 Å². The molecule has 2 aromatic rings. The molecular formula is C24H31N3O4. The van der Waals surface area contributed by atoms with Gasteiger partial charge in [0.15, 0.2) is 0 Å². The molecule has 0 radical (unpaired) electrons. The van der Waals surface area contributed by atoms with Crippen LogP contribution in [0.1, 0.15) is 52.8 Å². The minimum atomic E-state index is -0.370. The molecule has 0 spiro atoms. The van der Waals surface area contributed by atoms with Crippen molar-refractivity contribution in [3.05, 3.63) is 47.5 Å². The van der Waals surface area contributed by atoms with Crippen LogP contribution < -0.4 is 25.0 Å². The highest BCUT2D eigenvalue weighted by Crippen LogP contribution is 2.30. The van der Waals surface area contributed by atoms with Crippen LogP contribution in [0, 0.1) is 0 Å². The van der Waals surface area contributed by atoms with Gasteiger partial charge in [0.1, 0.15) is 17.1 Å². The van der Waals surface area contributed by atoms with Crippen molar-refractivity contribution in [1.82, 2.24) is 5.32 Å². The van der Waals surface area contributed by atoms with Crippen molar-refractivity contribution >= 4 is 23.2 Å². The predicted octanol–water partition coefficient (Wildman–Crippen LogP) is 4.08. The second-order valence-corrected chi connectivity index (χ2v) is 7.93. The number of methoxy groups -OCH3 is 2. The molecule has 7 heteroatoms. The summed E-state index contributed by atoms with van der Waals surface area (Å²) < 4.78 is 10.7. The van der Waals surface area contributed by atoms with E-state index in [1.54, 1.807) is 30.3 Å². The second kappa shape index (κ2) is 10.2. The summed E-state index contributed by atoms with van der Waals surface area (Å²) in [5.74, 6) is 0.334. The fourth-order valence-electron chi connectivity index (χ4n) is 3.96. The number of amides is 2. The number of ether oxygens (including phenoxy) is 2. The third kappa shape index (κ3) is 5.29. The topological polar surface area (TPSA) is 79.9 Å². The minimum absolute atomic E-state index is 0.124. The van der Waals surface area contributed by atoms with Gasteiger partial charge in [-0.2, -0.15) is 0 Å². The van der Waals surface area contributed by atoms with E-state index < -0.39 is 0 Å². The van der Waals surface area contributed by atoms with E-state index in [0.29, 0.717) is 28.3 Å². The average Bonchev–Trinajstić information content (AvgIpc) is 2.78. The molecule has 1 aliphatic rings. The van der Waals surface area contributed by atoms with Crippen LogP contribution in [0.4, 0.5) is 11.4 Å². The molecule has 2 N–H and O–H groups in total. The average molecular weight is 426 g/mol. The van der Waals surface area contributed by atoms with Crippen LogP contribution in [0.5, 0.6) is 11.5 Å². The summed E-state index contributed by atoms with van der Waals surface area (Å²) in [6.45, 7) is 0. The number of carbonyl (C=O) groups excluding carboxylic acids is 2. The summed E-state index contributed by atoms with van der Waals surface area (Å²) in [7, 11) is 6.80. The highest BCUT2D eigenvalue weighted by atomic mass is 16.5. The van der Waals surface area contributed by atoms with Gasteiger partial charge >= 0.3 is 0 Å². The monoisotopic (exact) mass is 425 g/mol. The molecular weight excluding hydrogens is 394 g/mol. The molecule has 0 heterocycles. The summed E-state index contributed by atoms with van der Waals surface area (Å²) >= 11 is 0. The van der Waals surface area contributed by atoms with Crippen LogP contribution in [0.2, 0.25) is 0 Å². The zero-order chi connectivity index (χ0) is 22.4. The smallest absolute Gasteiger partial charge is 0.263 e. The van der Waals surface area contributed by atoms with Gasteiger partial charge in [0.05, 0.1) is 19.8 Å². The van der Waals surface area contributed by atoms with Gasteiger partial charge in [-0.1, -0.05) is 25.3 Å². The Balaban J connectivity index is 1.86. The zero-order valence-electron chi connectivity index (χ0n) is 18.7. The third-order valence-electron chi connectivity index (χ3n) is 5.58. The van der Waals surface area contributed by atoms with Crippen molar-refractivity contribution in [3.8, 4) is 11.5 Å². The number of nitrogens with zero attached hydrogens (tertiary/aromatic N) is 1. The van der Waals surface area contributed by atoms with Gasteiger partial charge in [0, 0.05) is 31.5 Å². The fourth-order valence-corrected chi connectivity index (χ4v) is 3.96. The number of benzene rings is 2. The molecule has 0 unspecified atom stereocenters. The number of carbonyl (C=O) groups is 2. The molecule has 1 saturated carbocycles. The quantitative estimate of drug-likeness (QED) is 0.699. The van der Waals surface area contributed by atoms with Gasteiger partial charge in [-0.15, -0.1) is 0 Å².